The van der Waals surface area contributed by atoms with E-state index in [1.165, 1.54) is 29.5 Å². The van der Waals surface area contributed by atoms with Gasteiger partial charge in [0.1, 0.15) is 0 Å². The summed E-state index contributed by atoms with van der Waals surface area (Å²) >= 11 is 0. The second-order valence-corrected chi connectivity index (χ2v) is 10.8. The van der Waals surface area contributed by atoms with Crippen LogP contribution in [0.4, 0.5) is 0 Å². The highest BCUT2D eigenvalue weighted by molar-refractivity contribution is 5.82. The van der Waals surface area contributed by atoms with Gasteiger partial charge in [0.25, 0.3) is 5.56 Å². The Hall–Kier alpha value is -3.32. The lowest BCUT2D eigenvalue weighted by Crippen LogP contribution is -2.33. The lowest BCUT2D eigenvalue weighted by Gasteiger charge is -2.31. The number of hydrogen-bond donors (Lipinski definition) is 1. The van der Waals surface area contributed by atoms with Crippen molar-refractivity contribution in [2.45, 2.75) is 91.4 Å². The maximum Gasteiger partial charge on any atom is 0.252 e. The summed E-state index contributed by atoms with van der Waals surface area (Å²) in [5, 5.41) is 14.2. The largest absolute Gasteiger partial charge is 0.321 e. The smallest absolute Gasteiger partial charge is 0.252 e. The highest BCUT2D eigenvalue weighted by atomic mass is 16.1. The molecule has 0 radical (unpaired) electrons. The number of fused-ring (bicyclic) bond motifs is 1. The number of aromatic nitrogens is 5. The zero-order chi connectivity index (χ0) is 25.9. The van der Waals surface area contributed by atoms with Crippen LogP contribution in [0.2, 0.25) is 0 Å². The second-order valence-electron chi connectivity index (χ2n) is 10.8. The molecule has 0 unspecified atom stereocenters. The molecule has 1 saturated carbocycles. The van der Waals surface area contributed by atoms with Crippen molar-refractivity contribution in [1.29, 1.82) is 0 Å². The van der Waals surface area contributed by atoms with Crippen LogP contribution in [-0.4, -0.2) is 30.1 Å². The van der Waals surface area contributed by atoms with Crippen molar-refractivity contribution in [2.75, 3.05) is 0 Å². The summed E-state index contributed by atoms with van der Waals surface area (Å²) in [4.78, 5) is 18.9. The number of pyridine rings is 1. The molecule has 7 heteroatoms. The lowest BCUT2D eigenvalue weighted by atomic mass is 10.0. The van der Waals surface area contributed by atoms with Crippen LogP contribution in [0.1, 0.15) is 91.2 Å². The van der Waals surface area contributed by atoms with Crippen LogP contribution in [0.25, 0.3) is 10.9 Å². The third-order valence-electron chi connectivity index (χ3n) is 7.74. The number of hydrogen-bond acceptors (Lipinski definition) is 5. The number of benzene rings is 2. The average Bonchev–Trinajstić information content (AvgIpc) is 3.56. The summed E-state index contributed by atoms with van der Waals surface area (Å²) in [6.45, 7) is 9.70. The van der Waals surface area contributed by atoms with E-state index in [0.29, 0.717) is 19.1 Å². The van der Waals surface area contributed by atoms with Crippen LogP contribution in [0.5, 0.6) is 0 Å². The first-order valence-electron chi connectivity index (χ1n) is 13.6. The number of aryl methyl sites for hydroxylation is 3. The molecule has 37 heavy (non-hydrogen) atoms. The van der Waals surface area contributed by atoms with E-state index in [1.807, 2.05) is 0 Å². The van der Waals surface area contributed by atoms with Crippen LogP contribution >= 0.6 is 0 Å². The SMILES string of the molecule is CCC[C@@H](c1nnnn1C1CCCC1)N(Cc1ccc(C)cc1)Cc1cc2cc(C)cc(C)c2[nH]c1=O. The van der Waals surface area contributed by atoms with Gasteiger partial charge in [-0.1, -0.05) is 67.6 Å². The second kappa shape index (κ2) is 11.0. The summed E-state index contributed by atoms with van der Waals surface area (Å²) in [5.74, 6) is 0.921. The van der Waals surface area contributed by atoms with E-state index in [2.05, 4.69) is 100 Å². The van der Waals surface area contributed by atoms with E-state index in [1.54, 1.807) is 0 Å². The van der Waals surface area contributed by atoms with Crippen LogP contribution in [0.3, 0.4) is 0 Å². The van der Waals surface area contributed by atoms with Crippen LogP contribution < -0.4 is 5.56 Å². The molecule has 0 amide bonds. The van der Waals surface area contributed by atoms with Gasteiger partial charge in [-0.05, 0) is 79.1 Å². The van der Waals surface area contributed by atoms with Gasteiger partial charge in [-0.2, -0.15) is 0 Å². The molecule has 1 N–H and O–H groups in total. The van der Waals surface area contributed by atoms with Gasteiger partial charge in [0.2, 0.25) is 0 Å². The van der Waals surface area contributed by atoms with Crippen LogP contribution in [0.15, 0.2) is 47.3 Å². The molecule has 2 aromatic heterocycles. The fraction of sp³-hybridized carbons (Fsp3) is 0.467. The van der Waals surface area contributed by atoms with Crippen molar-refractivity contribution in [3.05, 3.63) is 86.5 Å². The molecular weight excluding hydrogens is 460 g/mol. The first-order valence-corrected chi connectivity index (χ1v) is 13.6. The summed E-state index contributed by atoms with van der Waals surface area (Å²) < 4.78 is 2.08. The summed E-state index contributed by atoms with van der Waals surface area (Å²) in [5.41, 5.74) is 6.40. The molecule has 194 valence electrons. The maximum atomic E-state index is 13.3. The molecule has 2 aromatic carbocycles. The van der Waals surface area contributed by atoms with Crippen molar-refractivity contribution in [1.82, 2.24) is 30.1 Å². The molecule has 1 aliphatic rings. The van der Waals surface area contributed by atoms with Gasteiger partial charge >= 0.3 is 0 Å². The molecule has 0 spiro atoms. The number of nitrogens with one attached hydrogen (secondary N) is 1. The van der Waals surface area contributed by atoms with E-state index in [4.69, 9.17) is 0 Å². The Morgan fingerprint density at radius 3 is 2.51 bits per heavy atom. The summed E-state index contributed by atoms with van der Waals surface area (Å²) in [6.07, 6.45) is 6.61. The number of H-pyrrole nitrogens is 1. The van der Waals surface area contributed by atoms with E-state index >= 15 is 0 Å². The first kappa shape index (κ1) is 25.3. The van der Waals surface area contributed by atoms with Crippen molar-refractivity contribution in [2.24, 2.45) is 0 Å². The van der Waals surface area contributed by atoms with Gasteiger partial charge in [-0.15, -0.1) is 5.10 Å². The van der Waals surface area contributed by atoms with Gasteiger partial charge in [-0.3, -0.25) is 9.69 Å². The molecule has 1 atom stereocenters. The van der Waals surface area contributed by atoms with Crippen molar-refractivity contribution in [3.8, 4) is 0 Å². The zero-order valence-electron chi connectivity index (χ0n) is 22.5. The molecule has 1 fully saturated rings. The Balaban J connectivity index is 1.56. The van der Waals surface area contributed by atoms with Gasteiger partial charge in [0.05, 0.1) is 17.6 Å². The Morgan fingerprint density at radius 1 is 1.03 bits per heavy atom. The Bertz CT molecular complexity index is 1410. The molecule has 2 heterocycles. The molecule has 0 bridgehead atoms. The minimum absolute atomic E-state index is 0.0104. The molecule has 0 saturated heterocycles. The van der Waals surface area contributed by atoms with Gasteiger partial charge in [0, 0.05) is 18.7 Å². The lowest BCUT2D eigenvalue weighted by molar-refractivity contribution is 0.153. The monoisotopic (exact) mass is 498 g/mol. The number of nitrogens with zero attached hydrogens (tertiary/aromatic N) is 5. The fourth-order valence-electron chi connectivity index (χ4n) is 5.85. The number of aromatic amines is 1. The Kier molecular flexibility index (Phi) is 7.51. The van der Waals surface area contributed by atoms with Crippen LogP contribution in [-0.2, 0) is 13.1 Å². The Labute approximate surface area is 218 Å². The van der Waals surface area contributed by atoms with Crippen molar-refractivity contribution >= 4 is 10.9 Å². The summed E-state index contributed by atoms with van der Waals surface area (Å²) in [7, 11) is 0. The fourth-order valence-corrected chi connectivity index (χ4v) is 5.85. The molecule has 5 rings (SSSR count). The van der Waals surface area contributed by atoms with Gasteiger partial charge in [-0.25, -0.2) is 4.68 Å². The summed E-state index contributed by atoms with van der Waals surface area (Å²) in [6, 6.07) is 15.4. The normalized spacial score (nSPS) is 15.2. The van der Waals surface area contributed by atoms with Gasteiger partial charge < -0.3 is 4.98 Å². The predicted octanol–water partition coefficient (Wildman–Crippen LogP) is 6.10. The molecule has 4 aromatic rings. The third kappa shape index (κ3) is 5.52. The molecular formula is C30H38N6O. The van der Waals surface area contributed by atoms with E-state index in [0.717, 1.165) is 53.5 Å². The molecule has 7 nitrogen and oxygen atoms in total. The minimum atomic E-state index is -0.0287. The zero-order valence-corrected chi connectivity index (χ0v) is 22.5. The first-order chi connectivity index (χ1) is 17.9. The average molecular weight is 499 g/mol. The van der Waals surface area contributed by atoms with Crippen molar-refractivity contribution < 1.29 is 0 Å². The molecule has 0 aliphatic heterocycles. The standard InChI is InChI=1S/C30H38N6O/c1-5-8-27(29-32-33-34-36(29)26-9-6-7-10-26)35(18-23-13-11-20(2)12-14-23)19-25-17-24-16-21(3)15-22(4)28(24)31-30(25)37/h11-17,26-27H,5-10,18-19H2,1-4H3,(H,31,37)/t27-/m0/s1. The van der Waals surface area contributed by atoms with Crippen LogP contribution in [0, 0.1) is 20.8 Å². The molecule has 1 aliphatic carbocycles. The number of tetrazole rings is 1. The van der Waals surface area contributed by atoms with E-state index < -0.39 is 0 Å². The minimum Gasteiger partial charge on any atom is -0.321 e. The third-order valence-corrected chi connectivity index (χ3v) is 7.74. The van der Waals surface area contributed by atoms with E-state index in [-0.39, 0.29) is 11.6 Å². The highest BCUT2D eigenvalue weighted by Crippen LogP contribution is 2.34. The highest BCUT2D eigenvalue weighted by Gasteiger charge is 2.30. The number of rotatable bonds is 9. The maximum absolute atomic E-state index is 13.3. The quantitative estimate of drug-likeness (QED) is 0.302. The Morgan fingerprint density at radius 2 is 1.78 bits per heavy atom. The predicted molar refractivity (Wildman–Crippen MR) is 147 cm³/mol. The van der Waals surface area contributed by atoms with E-state index in [9.17, 15) is 4.79 Å². The van der Waals surface area contributed by atoms with Crippen molar-refractivity contribution in [3.63, 3.8) is 0 Å². The topological polar surface area (TPSA) is 79.7 Å². The van der Waals surface area contributed by atoms with Gasteiger partial charge in [0.15, 0.2) is 5.82 Å².